The van der Waals surface area contributed by atoms with Crippen molar-refractivity contribution in [1.29, 1.82) is 0 Å². The number of halogens is 6. The molecule has 1 fully saturated rings. The number of hydrogen-bond donors (Lipinski definition) is 2. The smallest absolute Gasteiger partial charge is 0.377 e. The van der Waals surface area contributed by atoms with Crippen molar-refractivity contribution in [2.75, 3.05) is 20.3 Å². The van der Waals surface area contributed by atoms with Crippen molar-refractivity contribution in [2.24, 2.45) is 0 Å². The van der Waals surface area contributed by atoms with Gasteiger partial charge in [-0.3, -0.25) is 4.57 Å². The second-order valence-electron chi connectivity index (χ2n) is 9.56. The molecule has 7 nitrogen and oxygen atoms in total. The van der Waals surface area contributed by atoms with E-state index in [1.54, 1.807) is 0 Å². The van der Waals surface area contributed by atoms with Crippen LogP contribution in [0.3, 0.4) is 0 Å². The van der Waals surface area contributed by atoms with E-state index in [0.29, 0.717) is 37.3 Å². The number of nitrogens with zero attached hydrogens (tertiary/aromatic N) is 2. The van der Waals surface area contributed by atoms with Crippen LogP contribution in [0.4, 0.5) is 26.3 Å². The van der Waals surface area contributed by atoms with Gasteiger partial charge in [0.2, 0.25) is 0 Å². The van der Waals surface area contributed by atoms with Gasteiger partial charge >= 0.3 is 18.0 Å². The molecular formula is C26H28F6N4O3. The number of rotatable bonds is 8. The van der Waals surface area contributed by atoms with Crippen molar-refractivity contribution in [3.8, 4) is 0 Å². The van der Waals surface area contributed by atoms with E-state index >= 15 is 0 Å². The fourth-order valence-corrected chi connectivity index (χ4v) is 4.87. The van der Waals surface area contributed by atoms with Crippen LogP contribution in [0.2, 0.25) is 0 Å². The zero-order chi connectivity index (χ0) is 28.4. The lowest BCUT2D eigenvalue weighted by molar-refractivity contribution is -0.143. The monoisotopic (exact) mass is 558 g/mol. The van der Waals surface area contributed by atoms with Gasteiger partial charge in [-0.25, -0.2) is 9.89 Å². The first-order chi connectivity index (χ1) is 18.3. The normalized spacial score (nSPS) is 21.2. The van der Waals surface area contributed by atoms with Gasteiger partial charge < -0.3 is 14.8 Å². The molecule has 0 saturated carbocycles. The van der Waals surface area contributed by atoms with Gasteiger partial charge in [0.1, 0.15) is 6.61 Å². The summed E-state index contributed by atoms with van der Waals surface area (Å²) in [6.45, 7) is 1.86. The average molecular weight is 559 g/mol. The highest BCUT2D eigenvalue weighted by molar-refractivity contribution is 5.35. The molecule has 39 heavy (non-hydrogen) atoms. The number of alkyl halides is 6. The summed E-state index contributed by atoms with van der Waals surface area (Å²) < 4.78 is 92.8. The third-order valence-electron chi connectivity index (χ3n) is 6.98. The first kappa shape index (κ1) is 28.8. The van der Waals surface area contributed by atoms with Crippen LogP contribution in [0.25, 0.3) is 0 Å². The number of nitrogens with one attached hydrogen (secondary N) is 2. The Balaban J connectivity index is 1.58. The topological polar surface area (TPSA) is 81.2 Å². The number of H-pyrrole nitrogens is 1. The summed E-state index contributed by atoms with van der Waals surface area (Å²) in [5.74, 6) is 0.441. The maximum Gasteiger partial charge on any atom is 0.416 e. The number of ether oxygens (including phenoxy) is 2. The molecule has 0 radical (unpaired) electrons. The van der Waals surface area contributed by atoms with Gasteiger partial charge in [0.15, 0.2) is 5.82 Å². The fourth-order valence-electron chi connectivity index (χ4n) is 4.87. The number of aromatic amines is 1. The molecule has 13 heteroatoms. The van der Waals surface area contributed by atoms with Crippen LogP contribution < -0.4 is 11.0 Å². The van der Waals surface area contributed by atoms with E-state index in [2.05, 4.69) is 15.5 Å². The Morgan fingerprint density at radius 2 is 1.72 bits per heavy atom. The van der Waals surface area contributed by atoms with Gasteiger partial charge in [-0.05, 0) is 49.1 Å². The number of piperidine rings is 1. The summed E-state index contributed by atoms with van der Waals surface area (Å²) in [6.07, 6.45) is -9.98. The van der Waals surface area contributed by atoms with E-state index in [1.807, 2.05) is 30.3 Å². The predicted molar refractivity (Wildman–Crippen MR) is 129 cm³/mol. The zero-order valence-electron chi connectivity index (χ0n) is 21.2. The van der Waals surface area contributed by atoms with Gasteiger partial charge in [0, 0.05) is 13.7 Å². The van der Waals surface area contributed by atoms with Gasteiger partial charge in [0.05, 0.1) is 35.4 Å². The molecule has 3 atom stereocenters. The molecule has 2 N–H and O–H groups in total. The lowest BCUT2D eigenvalue weighted by atomic mass is 9.81. The van der Waals surface area contributed by atoms with E-state index < -0.39 is 35.1 Å². The van der Waals surface area contributed by atoms with E-state index in [9.17, 15) is 31.1 Å². The SMILES string of the molecule is COCc1n[nH]c(=O)n1C1CC[C@@](CO[C@H](C)c2cc(C(F)(F)F)cc(C(F)(F)F)c2)(c2ccccc2)NC1. The molecule has 4 rings (SSSR count). The number of aromatic nitrogens is 3. The minimum absolute atomic E-state index is 0.0340. The highest BCUT2D eigenvalue weighted by atomic mass is 19.4. The molecule has 1 saturated heterocycles. The minimum atomic E-state index is -4.95. The molecule has 0 bridgehead atoms. The molecule has 3 aromatic rings. The first-order valence-corrected chi connectivity index (χ1v) is 12.2. The third-order valence-corrected chi connectivity index (χ3v) is 6.98. The Kier molecular flexibility index (Phi) is 8.24. The van der Waals surface area contributed by atoms with Crippen molar-refractivity contribution in [1.82, 2.24) is 20.1 Å². The van der Waals surface area contributed by atoms with Crippen molar-refractivity contribution in [2.45, 2.75) is 56.4 Å². The quantitative estimate of drug-likeness (QED) is 0.365. The zero-order valence-corrected chi connectivity index (χ0v) is 21.2. The predicted octanol–water partition coefficient (Wildman–Crippen LogP) is 5.35. The molecule has 1 unspecified atom stereocenters. The van der Waals surface area contributed by atoms with Crippen LogP contribution in [-0.4, -0.2) is 35.0 Å². The van der Waals surface area contributed by atoms with Crippen LogP contribution >= 0.6 is 0 Å². The van der Waals surface area contributed by atoms with E-state index in [-0.39, 0.29) is 36.6 Å². The maximum atomic E-state index is 13.4. The number of hydrogen-bond acceptors (Lipinski definition) is 5. The average Bonchev–Trinajstić information content (AvgIpc) is 3.26. The molecule has 0 amide bonds. The Hall–Kier alpha value is -3.16. The molecule has 212 valence electrons. The van der Waals surface area contributed by atoms with Crippen LogP contribution in [0, 0.1) is 0 Å². The molecule has 1 aromatic heterocycles. The summed E-state index contributed by atoms with van der Waals surface area (Å²) in [5, 5.41) is 9.86. The second kappa shape index (κ2) is 11.1. The van der Waals surface area contributed by atoms with E-state index in [1.165, 1.54) is 18.6 Å². The fraction of sp³-hybridized carbons (Fsp3) is 0.462. The van der Waals surface area contributed by atoms with Gasteiger partial charge in [-0.2, -0.15) is 31.4 Å². The number of benzene rings is 2. The summed E-state index contributed by atoms with van der Waals surface area (Å²) in [5.41, 5.74) is -3.35. The van der Waals surface area contributed by atoms with E-state index in [0.717, 1.165) is 5.56 Å². The Morgan fingerprint density at radius 1 is 1.08 bits per heavy atom. The van der Waals surface area contributed by atoms with E-state index in [4.69, 9.17) is 9.47 Å². The van der Waals surface area contributed by atoms with Crippen LogP contribution in [-0.2, 0) is 34.0 Å². The van der Waals surface area contributed by atoms with Gasteiger partial charge in [0.25, 0.3) is 0 Å². The Labute approximate surface area is 220 Å². The molecule has 2 aromatic carbocycles. The van der Waals surface area contributed by atoms with Gasteiger partial charge in [-0.15, -0.1) is 0 Å². The van der Waals surface area contributed by atoms with Crippen molar-refractivity contribution < 1.29 is 35.8 Å². The van der Waals surface area contributed by atoms with Crippen molar-refractivity contribution >= 4 is 0 Å². The molecular weight excluding hydrogens is 530 g/mol. The third kappa shape index (κ3) is 6.36. The second-order valence-corrected chi connectivity index (χ2v) is 9.56. The van der Waals surface area contributed by atoms with Crippen molar-refractivity contribution in [3.63, 3.8) is 0 Å². The summed E-state index contributed by atoms with van der Waals surface area (Å²) in [4.78, 5) is 12.4. The van der Waals surface area contributed by atoms with Crippen LogP contribution in [0.15, 0.2) is 53.3 Å². The molecule has 0 spiro atoms. The molecule has 0 aliphatic carbocycles. The maximum absolute atomic E-state index is 13.4. The standard InChI is InChI=1S/C26H28F6N4O3/c1-16(17-10-19(25(27,28)29)12-20(11-17)26(30,31)32)39-15-24(18-6-4-3-5-7-18)9-8-21(13-33-24)36-22(14-38-2)34-35-23(36)37/h3-7,10-12,16,21,33H,8-9,13-15H2,1-2H3,(H,35,37)/t16-,21?,24-/m1/s1. The highest BCUT2D eigenvalue weighted by Gasteiger charge is 2.40. The Morgan fingerprint density at radius 3 is 2.26 bits per heavy atom. The molecule has 1 aliphatic heterocycles. The van der Waals surface area contributed by atoms with Crippen molar-refractivity contribution in [3.05, 3.63) is 87.1 Å². The lowest BCUT2D eigenvalue weighted by Gasteiger charge is -2.42. The summed E-state index contributed by atoms with van der Waals surface area (Å²) in [7, 11) is 1.49. The minimum Gasteiger partial charge on any atom is -0.377 e. The number of methoxy groups -OCH3 is 1. The summed E-state index contributed by atoms with van der Waals surface area (Å²) in [6, 6.07) is 10.4. The summed E-state index contributed by atoms with van der Waals surface area (Å²) >= 11 is 0. The lowest BCUT2D eigenvalue weighted by Crippen LogP contribution is -2.53. The Bertz CT molecular complexity index is 1280. The molecule has 2 heterocycles. The van der Waals surface area contributed by atoms with Crippen LogP contribution in [0.1, 0.15) is 60.0 Å². The molecule has 1 aliphatic rings. The largest absolute Gasteiger partial charge is 0.416 e. The first-order valence-electron chi connectivity index (χ1n) is 12.2. The van der Waals surface area contributed by atoms with Crippen LogP contribution in [0.5, 0.6) is 0 Å². The van der Waals surface area contributed by atoms with Gasteiger partial charge in [-0.1, -0.05) is 30.3 Å². The highest BCUT2D eigenvalue weighted by Crippen LogP contribution is 2.39.